The molecule has 0 bridgehead atoms. The van der Waals surface area contributed by atoms with E-state index in [4.69, 9.17) is 16.3 Å². The molecule has 1 heterocycles. The maximum Gasteiger partial charge on any atom is 0.234 e. The Labute approximate surface area is 208 Å². The van der Waals surface area contributed by atoms with Crippen molar-refractivity contribution in [2.45, 2.75) is 42.8 Å². The molecule has 0 radical (unpaired) electrons. The van der Waals surface area contributed by atoms with E-state index in [0.717, 1.165) is 49.1 Å². The SMILES string of the molecule is COc1ccc(-n2c(SCC(=O)N(C)C3(C#N)CCCCC3)nnc2-c2ccccc2Cl)cc1. The summed E-state index contributed by atoms with van der Waals surface area (Å²) < 4.78 is 7.18. The molecule has 4 rings (SSSR count). The van der Waals surface area contributed by atoms with Gasteiger partial charge in [-0.3, -0.25) is 9.36 Å². The minimum absolute atomic E-state index is 0.1000. The van der Waals surface area contributed by atoms with Crippen molar-refractivity contribution in [3.05, 3.63) is 53.6 Å². The average molecular weight is 496 g/mol. The van der Waals surface area contributed by atoms with Crippen molar-refractivity contribution in [3.8, 4) is 28.9 Å². The smallest absolute Gasteiger partial charge is 0.234 e. The van der Waals surface area contributed by atoms with Gasteiger partial charge in [-0.05, 0) is 49.2 Å². The summed E-state index contributed by atoms with van der Waals surface area (Å²) in [6, 6.07) is 17.4. The molecule has 1 saturated carbocycles. The van der Waals surface area contributed by atoms with E-state index < -0.39 is 5.54 Å². The maximum atomic E-state index is 13.1. The summed E-state index contributed by atoms with van der Waals surface area (Å²) in [4.78, 5) is 14.7. The van der Waals surface area contributed by atoms with E-state index in [2.05, 4.69) is 16.3 Å². The summed E-state index contributed by atoms with van der Waals surface area (Å²) in [6.45, 7) is 0. The third-order valence-corrected chi connectivity index (χ3v) is 7.55. The Bertz CT molecular complexity index is 1200. The van der Waals surface area contributed by atoms with Gasteiger partial charge in [-0.15, -0.1) is 10.2 Å². The van der Waals surface area contributed by atoms with Crippen LogP contribution in [0.15, 0.2) is 53.7 Å². The number of nitriles is 1. The van der Waals surface area contributed by atoms with Gasteiger partial charge in [-0.1, -0.05) is 54.8 Å². The number of hydrogen-bond donors (Lipinski definition) is 0. The fourth-order valence-corrected chi connectivity index (χ4v) is 5.35. The van der Waals surface area contributed by atoms with Crippen LogP contribution in [0, 0.1) is 11.3 Å². The highest BCUT2D eigenvalue weighted by molar-refractivity contribution is 7.99. The van der Waals surface area contributed by atoms with E-state index in [1.807, 2.05) is 47.0 Å². The molecule has 1 aliphatic rings. The van der Waals surface area contributed by atoms with Crippen LogP contribution in [-0.4, -0.2) is 51.0 Å². The van der Waals surface area contributed by atoms with Gasteiger partial charge in [0, 0.05) is 18.3 Å². The summed E-state index contributed by atoms with van der Waals surface area (Å²) in [7, 11) is 3.35. The van der Waals surface area contributed by atoms with Crippen molar-refractivity contribution in [2.75, 3.05) is 19.9 Å². The first-order chi connectivity index (χ1) is 16.5. The molecule has 176 valence electrons. The second kappa shape index (κ2) is 10.5. The van der Waals surface area contributed by atoms with Crippen LogP contribution in [0.25, 0.3) is 17.1 Å². The van der Waals surface area contributed by atoms with Crippen LogP contribution < -0.4 is 4.74 Å². The van der Waals surface area contributed by atoms with Crippen molar-refractivity contribution in [1.82, 2.24) is 19.7 Å². The lowest BCUT2D eigenvalue weighted by molar-refractivity contribution is -0.131. The molecule has 7 nitrogen and oxygen atoms in total. The van der Waals surface area contributed by atoms with Crippen molar-refractivity contribution in [3.63, 3.8) is 0 Å². The van der Waals surface area contributed by atoms with Crippen molar-refractivity contribution >= 4 is 29.3 Å². The van der Waals surface area contributed by atoms with Gasteiger partial charge in [-0.25, -0.2) is 0 Å². The lowest BCUT2D eigenvalue weighted by atomic mass is 9.81. The second-order valence-corrected chi connectivity index (χ2v) is 9.61. The number of benzene rings is 2. The van der Waals surface area contributed by atoms with Crippen molar-refractivity contribution in [2.24, 2.45) is 0 Å². The number of ether oxygens (including phenoxy) is 1. The highest BCUT2D eigenvalue weighted by Crippen LogP contribution is 2.35. The summed E-state index contributed by atoms with van der Waals surface area (Å²) in [5.41, 5.74) is 0.848. The molecule has 0 aliphatic heterocycles. The number of methoxy groups -OCH3 is 1. The van der Waals surface area contributed by atoms with Gasteiger partial charge in [0.1, 0.15) is 11.3 Å². The lowest BCUT2D eigenvalue weighted by Gasteiger charge is -2.39. The molecule has 1 aliphatic carbocycles. The molecule has 0 atom stereocenters. The number of thioether (sulfide) groups is 1. The minimum Gasteiger partial charge on any atom is -0.497 e. The zero-order chi connectivity index (χ0) is 24.1. The fourth-order valence-electron chi connectivity index (χ4n) is 4.27. The van der Waals surface area contributed by atoms with E-state index in [0.29, 0.717) is 16.0 Å². The lowest BCUT2D eigenvalue weighted by Crippen LogP contribution is -2.50. The summed E-state index contributed by atoms with van der Waals surface area (Å²) >= 11 is 7.76. The first-order valence-electron chi connectivity index (χ1n) is 11.1. The molecule has 1 aromatic heterocycles. The Kier molecular flexibility index (Phi) is 7.44. The fraction of sp³-hybridized carbons (Fsp3) is 0.360. The van der Waals surface area contributed by atoms with E-state index in [-0.39, 0.29) is 11.7 Å². The maximum absolute atomic E-state index is 13.1. The van der Waals surface area contributed by atoms with E-state index in [9.17, 15) is 10.1 Å². The Morgan fingerprint density at radius 1 is 1.18 bits per heavy atom. The van der Waals surface area contributed by atoms with Crippen LogP contribution in [-0.2, 0) is 4.79 Å². The van der Waals surface area contributed by atoms with Gasteiger partial charge >= 0.3 is 0 Å². The monoisotopic (exact) mass is 495 g/mol. The Hall–Kier alpha value is -3.02. The Balaban J connectivity index is 1.63. The van der Waals surface area contributed by atoms with Gasteiger partial charge in [0.25, 0.3) is 0 Å². The van der Waals surface area contributed by atoms with Gasteiger partial charge in [-0.2, -0.15) is 5.26 Å². The number of carbonyl (C=O) groups is 1. The van der Waals surface area contributed by atoms with Crippen LogP contribution >= 0.6 is 23.4 Å². The van der Waals surface area contributed by atoms with Crippen LogP contribution in [0.1, 0.15) is 32.1 Å². The van der Waals surface area contributed by atoms with Gasteiger partial charge in [0.2, 0.25) is 5.91 Å². The molecule has 1 amide bonds. The van der Waals surface area contributed by atoms with Crippen LogP contribution in [0.4, 0.5) is 0 Å². The van der Waals surface area contributed by atoms with Gasteiger partial charge in [0.05, 0.1) is 24.0 Å². The molecule has 9 heteroatoms. The minimum atomic E-state index is -0.720. The largest absolute Gasteiger partial charge is 0.497 e. The molecule has 3 aromatic rings. The van der Waals surface area contributed by atoms with Crippen molar-refractivity contribution in [1.29, 1.82) is 5.26 Å². The van der Waals surface area contributed by atoms with Crippen LogP contribution in [0.3, 0.4) is 0 Å². The van der Waals surface area contributed by atoms with Crippen LogP contribution in [0.2, 0.25) is 5.02 Å². The molecule has 0 saturated heterocycles. The molecular weight excluding hydrogens is 470 g/mol. The number of rotatable bonds is 7. The normalized spacial score (nSPS) is 14.9. The van der Waals surface area contributed by atoms with E-state index in [1.54, 1.807) is 25.1 Å². The van der Waals surface area contributed by atoms with Gasteiger partial charge in [0.15, 0.2) is 11.0 Å². The molecule has 0 N–H and O–H groups in total. The Morgan fingerprint density at radius 3 is 2.53 bits per heavy atom. The summed E-state index contributed by atoms with van der Waals surface area (Å²) in [6.07, 6.45) is 4.47. The molecule has 2 aromatic carbocycles. The topological polar surface area (TPSA) is 84.0 Å². The average Bonchev–Trinajstić information content (AvgIpc) is 3.31. The number of carbonyl (C=O) groups excluding carboxylic acids is 1. The second-order valence-electron chi connectivity index (χ2n) is 8.26. The summed E-state index contributed by atoms with van der Waals surface area (Å²) in [5, 5.41) is 19.8. The van der Waals surface area contributed by atoms with E-state index in [1.165, 1.54) is 11.8 Å². The molecule has 0 spiro atoms. The zero-order valence-corrected chi connectivity index (χ0v) is 20.8. The molecule has 0 unspecified atom stereocenters. The van der Waals surface area contributed by atoms with Crippen LogP contribution in [0.5, 0.6) is 5.75 Å². The predicted octanol–water partition coefficient (Wildman–Crippen LogP) is 5.37. The molecule has 34 heavy (non-hydrogen) atoms. The Morgan fingerprint density at radius 2 is 1.88 bits per heavy atom. The number of aromatic nitrogens is 3. The third kappa shape index (κ3) is 4.77. The standard InChI is InChI=1S/C25H26ClN5O2S/c1-30(25(17-27)14-6-3-7-15-25)22(32)16-34-24-29-28-23(20-8-4-5-9-21(20)26)31(24)18-10-12-19(33-2)13-11-18/h4-5,8-13H,3,6-7,14-16H2,1-2H3. The third-order valence-electron chi connectivity index (χ3n) is 6.31. The number of hydrogen-bond acceptors (Lipinski definition) is 6. The van der Waals surface area contributed by atoms with E-state index >= 15 is 0 Å². The highest BCUT2D eigenvalue weighted by Gasteiger charge is 2.38. The zero-order valence-electron chi connectivity index (χ0n) is 19.2. The number of halogens is 1. The first-order valence-corrected chi connectivity index (χ1v) is 12.5. The number of nitrogens with zero attached hydrogens (tertiary/aromatic N) is 5. The quantitative estimate of drug-likeness (QED) is 0.409. The first kappa shape index (κ1) is 24.1. The predicted molar refractivity (Wildman–Crippen MR) is 133 cm³/mol. The molecule has 1 fully saturated rings. The highest BCUT2D eigenvalue weighted by atomic mass is 35.5. The summed E-state index contributed by atoms with van der Waals surface area (Å²) in [5.74, 6) is 1.37. The molecular formula is C25H26ClN5O2S. The van der Waals surface area contributed by atoms with Crippen molar-refractivity contribution < 1.29 is 9.53 Å². The van der Waals surface area contributed by atoms with Gasteiger partial charge < -0.3 is 9.64 Å². The number of amides is 1.